The molecule has 3 rings (SSSR count). The van der Waals surface area contributed by atoms with Gasteiger partial charge in [0.15, 0.2) is 5.78 Å². The molecule has 0 saturated carbocycles. The first-order valence-corrected chi connectivity index (χ1v) is 10.6. The normalized spacial score (nSPS) is 11.3. The van der Waals surface area contributed by atoms with Gasteiger partial charge in [0.1, 0.15) is 0 Å². The molecule has 0 aliphatic rings. The quantitative estimate of drug-likeness (QED) is 0.338. The smallest absolute Gasteiger partial charge is 0.335 e. The number of ketones is 1. The van der Waals surface area contributed by atoms with Crippen LogP contribution in [0.4, 0.5) is 0 Å². The van der Waals surface area contributed by atoms with Crippen LogP contribution in [-0.4, -0.2) is 21.4 Å². The van der Waals surface area contributed by atoms with Crippen LogP contribution in [0.5, 0.6) is 0 Å². The highest BCUT2D eigenvalue weighted by Crippen LogP contribution is 2.32. The molecule has 28 heavy (non-hydrogen) atoms. The van der Waals surface area contributed by atoms with Crippen LogP contribution >= 0.6 is 22.6 Å². The van der Waals surface area contributed by atoms with Gasteiger partial charge in [0.05, 0.1) is 11.1 Å². The summed E-state index contributed by atoms with van der Waals surface area (Å²) in [6, 6.07) is 13.2. The van der Waals surface area contributed by atoms with Crippen molar-refractivity contribution in [1.29, 1.82) is 0 Å². The average molecular weight is 489 g/mol. The topological polar surface area (TPSA) is 59.3 Å². The van der Waals surface area contributed by atoms with Gasteiger partial charge in [-0.3, -0.25) is 4.79 Å². The second-order valence-electron chi connectivity index (χ2n) is 7.31. The van der Waals surface area contributed by atoms with E-state index >= 15 is 0 Å². The molecule has 0 fully saturated rings. The number of benzene rings is 2. The SMILES string of the molecule is CCCc1c(C(=O)C(C)C)c2ccc(C(=O)O)cc2n1Cc1ccccc1I. The number of aromatic nitrogens is 1. The van der Waals surface area contributed by atoms with E-state index in [9.17, 15) is 14.7 Å². The number of carbonyl (C=O) groups is 2. The molecule has 2 aromatic carbocycles. The van der Waals surface area contributed by atoms with Gasteiger partial charge in [0.2, 0.25) is 0 Å². The summed E-state index contributed by atoms with van der Waals surface area (Å²) in [5, 5.41) is 10.3. The zero-order valence-corrected chi connectivity index (χ0v) is 18.5. The summed E-state index contributed by atoms with van der Waals surface area (Å²) in [5.74, 6) is -0.971. The largest absolute Gasteiger partial charge is 0.478 e. The molecule has 0 amide bonds. The minimum Gasteiger partial charge on any atom is -0.478 e. The van der Waals surface area contributed by atoms with E-state index < -0.39 is 5.97 Å². The molecule has 0 atom stereocenters. The Hall–Kier alpha value is -2.15. The van der Waals surface area contributed by atoms with Gasteiger partial charge in [-0.05, 0) is 52.8 Å². The number of carbonyl (C=O) groups excluding carboxylic acids is 1. The number of hydrogen-bond donors (Lipinski definition) is 1. The maximum Gasteiger partial charge on any atom is 0.335 e. The minimum atomic E-state index is -0.960. The van der Waals surface area contributed by atoms with Gasteiger partial charge in [-0.1, -0.05) is 51.5 Å². The lowest BCUT2D eigenvalue weighted by Crippen LogP contribution is -2.12. The van der Waals surface area contributed by atoms with Crippen LogP contribution in [0.2, 0.25) is 0 Å². The van der Waals surface area contributed by atoms with E-state index in [0.717, 1.165) is 44.1 Å². The molecule has 0 radical (unpaired) electrons. The van der Waals surface area contributed by atoms with Crippen LogP contribution in [0.25, 0.3) is 10.9 Å². The third-order valence-electron chi connectivity index (χ3n) is 4.96. The van der Waals surface area contributed by atoms with Crippen molar-refractivity contribution in [2.24, 2.45) is 5.92 Å². The number of hydrogen-bond acceptors (Lipinski definition) is 2. The number of carboxylic acids is 1. The van der Waals surface area contributed by atoms with E-state index in [1.165, 1.54) is 0 Å². The maximum absolute atomic E-state index is 13.1. The van der Waals surface area contributed by atoms with Crippen LogP contribution in [0.15, 0.2) is 42.5 Å². The summed E-state index contributed by atoms with van der Waals surface area (Å²) in [6.45, 7) is 6.53. The molecular weight excluding hydrogens is 465 g/mol. The molecule has 0 spiro atoms. The fraction of sp³-hybridized carbons (Fsp3) is 0.304. The molecule has 0 aliphatic carbocycles. The molecule has 3 aromatic rings. The van der Waals surface area contributed by atoms with Crippen LogP contribution in [0.1, 0.15) is 59.2 Å². The van der Waals surface area contributed by atoms with E-state index in [-0.39, 0.29) is 17.3 Å². The van der Waals surface area contributed by atoms with Crippen molar-refractivity contribution in [2.45, 2.75) is 40.2 Å². The van der Waals surface area contributed by atoms with E-state index in [1.807, 2.05) is 26.0 Å². The Bertz CT molecular complexity index is 1050. The van der Waals surface area contributed by atoms with Crippen LogP contribution in [0, 0.1) is 9.49 Å². The number of rotatable bonds is 7. The summed E-state index contributed by atoms with van der Waals surface area (Å²) in [4.78, 5) is 24.6. The predicted molar refractivity (Wildman–Crippen MR) is 120 cm³/mol. The highest BCUT2D eigenvalue weighted by molar-refractivity contribution is 14.1. The van der Waals surface area contributed by atoms with Crippen molar-refractivity contribution in [3.8, 4) is 0 Å². The van der Waals surface area contributed by atoms with Gasteiger partial charge in [-0.25, -0.2) is 4.79 Å². The Morgan fingerprint density at radius 1 is 1.14 bits per heavy atom. The molecule has 1 heterocycles. The van der Waals surface area contributed by atoms with E-state index in [4.69, 9.17) is 0 Å². The molecule has 1 N–H and O–H groups in total. The first-order chi connectivity index (χ1) is 13.3. The lowest BCUT2D eigenvalue weighted by molar-refractivity contribution is 0.0696. The van der Waals surface area contributed by atoms with Crippen LogP contribution < -0.4 is 0 Å². The monoisotopic (exact) mass is 489 g/mol. The molecule has 5 heteroatoms. The maximum atomic E-state index is 13.1. The van der Waals surface area contributed by atoms with Crippen molar-refractivity contribution >= 4 is 45.2 Å². The van der Waals surface area contributed by atoms with Crippen molar-refractivity contribution in [3.63, 3.8) is 0 Å². The number of aromatic carboxylic acids is 1. The Kier molecular flexibility index (Phi) is 6.23. The van der Waals surface area contributed by atoms with Crippen molar-refractivity contribution in [3.05, 3.63) is 68.4 Å². The second kappa shape index (κ2) is 8.47. The van der Waals surface area contributed by atoms with E-state index in [0.29, 0.717) is 6.54 Å². The molecule has 4 nitrogen and oxygen atoms in total. The lowest BCUT2D eigenvalue weighted by Gasteiger charge is -2.14. The summed E-state index contributed by atoms with van der Waals surface area (Å²) in [7, 11) is 0. The molecule has 0 saturated heterocycles. The number of halogens is 1. The minimum absolute atomic E-state index is 0.109. The summed E-state index contributed by atoms with van der Waals surface area (Å²) in [5.41, 5.74) is 3.95. The molecular formula is C23H24INO3. The van der Waals surface area contributed by atoms with Gasteiger partial charge >= 0.3 is 5.97 Å². The summed E-state index contributed by atoms with van der Waals surface area (Å²) in [6.07, 6.45) is 1.68. The Labute approximate surface area is 178 Å². The third-order valence-corrected chi connectivity index (χ3v) is 6.02. The van der Waals surface area contributed by atoms with Gasteiger partial charge in [0.25, 0.3) is 0 Å². The fourth-order valence-electron chi connectivity index (χ4n) is 3.57. The molecule has 0 unspecified atom stereocenters. The zero-order valence-electron chi connectivity index (χ0n) is 16.3. The number of Topliss-reactive ketones (excluding diaryl/α,β-unsaturated/α-hetero) is 1. The Morgan fingerprint density at radius 3 is 2.46 bits per heavy atom. The number of nitrogens with zero attached hydrogens (tertiary/aromatic N) is 1. The predicted octanol–water partition coefficient (Wildman–Crippen LogP) is 5.78. The first-order valence-electron chi connectivity index (χ1n) is 9.51. The number of fused-ring (bicyclic) bond motifs is 1. The fourth-order valence-corrected chi connectivity index (χ4v) is 4.13. The highest BCUT2D eigenvalue weighted by atomic mass is 127. The van der Waals surface area contributed by atoms with Gasteiger partial charge in [-0.2, -0.15) is 0 Å². The van der Waals surface area contributed by atoms with Crippen molar-refractivity contribution in [1.82, 2.24) is 4.57 Å². The Morgan fingerprint density at radius 2 is 1.86 bits per heavy atom. The van der Waals surface area contributed by atoms with E-state index in [1.54, 1.807) is 18.2 Å². The zero-order chi connectivity index (χ0) is 20.4. The highest BCUT2D eigenvalue weighted by Gasteiger charge is 2.24. The molecule has 1 aromatic heterocycles. The van der Waals surface area contributed by atoms with Gasteiger partial charge in [0, 0.05) is 32.7 Å². The van der Waals surface area contributed by atoms with Crippen molar-refractivity contribution in [2.75, 3.05) is 0 Å². The average Bonchev–Trinajstić information content (AvgIpc) is 2.95. The van der Waals surface area contributed by atoms with Gasteiger partial charge in [-0.15, -0.1) is 0 Å². The summed E-state index contributed by atoms with van der Waals surface area (Å²) >= 11 is 2.32. The van der Waals surface area contributed by atoms with Crippen LogP contribution in [-0.2, 0) is 13.0 Å². The second-order valence-corrected chi connectivity index (χ2v) is 8.47. The lowest BCUT2D eigenvalue weighted by atomic mass is 9.96. The van der Waals surface area contributed by atoms with Crippen LogP contribution in [0.3, 0.4) is 0 Å². The first kappa shape index (κ1) is 20.6. The molecule has 146 valence electrons. The third kappa shape index (κ3) is 3.85. The summed E-state index contributed by atoms with van der Waals surface area (Å²) < 4.78 is 3.29. The van der Waals surface area contributed by atoms with Gasteiger partial charge < -0.3 is 9.67 Å². The standard InChI is InChI=1S/C23H24INO3/c1-4-7-19-21(22(26)14(2)3)17-11-10-15(23(27)28)12-20(17)25(19)13-16-8-5-6-9-18(16)24/h5-6,8-12,14H,4,7,13H2,1-3H3,(H,27,28). The Balaban J connectivity index is 2.33. The molecule has 0 aliphatic heterocycles. The van der Waals surface area contributed by atoms with Crippen molar-refractivity contribution < 1.29 is 14.7 Å². The van der Waals surface area contributed by atoms with E-state index in [2.05, 4.69) is 46.2 Å². The number of carboxylic acid groups (broad SMARTS) is 1. The molecule has 0 bridgehead atoms.